The van der Waals surface area contributed by atoms with E-state index in [0.717, 1.165) is 10.9 Å². The highest BCUT2D eigenvalue weighted by atomic mass is 79.9. The Bertz CT molecular complexity index is 371. The first-order valence-electron chi connectivity index (χ1n) is 4.68. The predicted octanol–water partition coefficient (Wildman–Crippen LogP) is 1.69. The molecule has 0 aromatic carbocycles. The normalized spacial score (nSPS) is 10.3. The summed E-state index contributed by atoms with van der Waals surface area (Å²) in [6, 6.07) is 3.55. The lowest BCUT2D eigenvalue weighted by molar-refractivity contribution is 0.414. The largest absolute Gasteiger partial charge is 0.301 e. The molecule has 0 N–H and O–H groups in total. The highest BCUT2D eigenvalue weighted by Gasteiger charge is 1.93. The molecule has 1 aromatic heterocycles. The minimum absolute atomic E-state index is 0.592. The third-order valence-electron chi connectivity index (χ3n) is 1.34. The fourth-order valence-corrected chi connectivity index (χ4v) is 1.17. The van der Waals surface area contributed by atoms with Crippen LogP contribution in [0.5, 0.6) is 0 Å². The Hall–Kier alpha value is -1.10. The Morgan fingerprint density at radius 1 is 1.47 bits per heavy atom. The van der Waals surface area contributed by atoms with Crippen molar-refractivity contribution in [2.45, 2.75) is 13.8 Å². The number of carbonyl (C=O) groups excluding carboxylic acids is 1. The average Bonchev–Trinajstić information content (AvgIpc) is 2.20. The summed E-state index contributed by atoms with van der Waals surface area (Å²) in [7, 11) is 3.60. The van der Waals surface area contributed by atoms with Crippen molar-refractivity contribution >= 4 is 22.3 Å². The number of carbonyl (C=O) groups is 1. The van der Waals surface area contributed by atoms with Crippen molar-refractivity contribution in [3.05, 3.63) is 28.3 Å². The van der Waals surface area contributed by atoms with Crippen LogP contribution in [0.3, 0.4) is 0 Å². The SMILES string of the molecule is CC.CN(C)/N=c1/cc(Br)ccn1C=O. The lowest BCUT2D eigenvalue weighted by atomic mass is 10.5. The molecule has 0 bridgehead atoms. The Labute approximate surface area is 98.3 Å². The number of pyridine rings is 1. The van der Waals surface area contributed by atoms with Crippen LogP contribution in [0.2, 0.25) is 0 Å². The maximum Gasteiger partial charge on any atom is 0.219 e. The van der Waals surface area contributed by atoms with E-state index >= 15 is 0 Å². The maximum absolute atomic E-state index is 10.6. The molecule has 0 unspecified atom stereocenters. The second kappa shape index (κ2) is 7.23. The first-order chi connectivity index (χ1) is 7.13. The van der Waals surface area contributed by atoms with E-state index in [4.69, 9.17) is 0 Å². The van der Waals surface area contributed by atoms with Gasteiger partial charge in [0, 0.05) is 24.8 Å². The summed E-state index contributed by atoms with van der Waals surface area (Å²) in [6.07, 6.45) is 2.37. The summed E-state index contributed by atoms with van der Waals surface area (Å²) in [4.78, 5) is 10.6. The van der Waals surface area contributed by atoms with E-state index in [1.54, 1.807) is 37.4 Å². The summed E-state index contributed by atoms with van der Waals surface area (Å²) < 4.78 is 2.30. The van der Waals surface area contributed by atoms with Gasteiger partial charge in [-0.25, -0.2) is 0 Å². The standard InChI is InChI=1S/C8H10BrN3O.C2H6/c1-11(2)10-8-5-7(9)3-4-12(8)6-13;1-2/h3-6H,1-2H3;1-2H3/b10-8-;. The van der Waals surface area contributed by atoms with E-state index in [2.05, 4.69) is 21.0 Å². The van der Waals surface area contributed by atoms with Crippen LogP contribution in [-0.4, -0.2) is 30.1 Å². The molecular weight excluding hydrogens is 258 g/mol. The summed E-state index contributed by atoms with van der Waals surface area (Å²) in [6.45, 7) is 4.00. The van der Waals surface area contributed by atoms with Gasteiger partial charge in [0.05, 0.1) is 0 Å². The lowest BCUT2D eigenvalue weighted by Crippen LogP contribution is -2.23. The highest BCUT2D eigenvalue weighted by molar-refractivity contribution is 9.10. The molecule has 0 aliphatic heterocycles. The minimum atomic E-state index is 0.592. The molecule has 15 heavy (non-hydrogen) atoms. The van der Waals surface area contributed by atoms with Crippen LogP contribution in [0.15, 0.2) is 27.9 Å². The van der Waals surface area contributed by atoms with Crippen molar-refractivity contribution in [3.63, 3.8) is 0 Å². The van der Waals surface area contributed by atoms with Crippen LogP contribution < -0.4 is 5.49 Å². The second-order valence-electron chi connectivity index (χ2n) is 2.66. The molecule has 1 heterocycles. The number of hydrogen-bond acceptors (Lipinski definition) is 3. The van der Waals surface area contributed by atoms with E-state index in [1.165, 1.54) is 4.57 Å². The van der Waals surface area contributed by atoms with Crippen LogP contribution in [0.25, 0.3) is 0 Å². The van der Waals surface area contributed by atoms with E-state index in [-0.39, 0.29) is 0 Å². The first-order valence-corrected chi connectivity index (χ1v) is 5.48. The molecule has 0 aliphatic carbocycles. The maximum atomic E-state index is 10.6. The number of halogens is 1. The Morgan fingerprint density at radius 2 is 2.07 bits per heavy atom. The number of nitrogens with zero attached hydrogens (tertiary/aromatic N) is 3. The van der Waals surface area contributed by atoms with Crippen LogP contribution in [-0.2, 0) is 4.79 Å². The van der Waals surface area contributed by atoms with Gasteiger partial charge in [0.15, 0.2) is 5.49 Å². The van der Waals surface area contributed by atoms with Crippen LogP contribution >= 0.6 is 15.9 Å². The van der Waals surface area contributed by atoms with Gasteiger partial charge in [-0.1, -0.05) is 29.8 Å². The van der Waals surface area contributed by atoms with Gasteiger partial charge < -0.3 is 5.01 Å². The van der Waals surface area contributed by atoms with Crippen molar-refractivity contribution in [2.75, 3.05) is 14.1 Å². The third-order valence-corrected chi connectivity index (χ3v) is 1.84. The van der Waals surface area contributed by atoms with Crippen LogP contribution in [0.1, 0.15) is 13.8 Å². The minimum Gasteiger partial charge on any atom is -0.301 e. The number of aromatic nitrogens is 1. The fraction of sp³-hybridized carbons (Fsp3) is 0.400. The average molecular weight is 274 g/mol. The summed E-state index contributed by atoms with van der Waals surface area (Å²) in [5.74, 6) is 0. The molecule has 0 saturated carbocycles. The third kappa shape index (κ3) is 4.78. The predicted molar refractivity (Wildman–Crippen MR) is 64.9 cm³/mol. The van der Waals surface area contributed by atoms with Gasteiger partial charge in [0.1, 0.15) is 0 Å². The second-order valence-corrected chi connectivity index (χ2v) is 3.58. The molecule has 0 spiro atoms. The van der Waals surface area contributed by atoms with Gasteiger partial charge in [0.25, 0.3) is 0 Å². The zero-order valence-corrected chi connectivity index (χ0v) is 11.0. The van der Waals surface area contributed by atoms with Gasteiger partial charge in [-0.3, -0.25) is 9.36 Å². The van der Waals surface area contributed by atoms with Crippen molar-refractivity contribution in [3.8, 4) is 0 Å². The molecular formula is C10H16BrN3O. The van der Waals surface area contributed by atoms with Gasteiger partial charge in [-0.05, 0) is 12.1 Å². The zero-order valence-electron chi connectivity index (χ0n) is 9.44. The summed E-state index contributed by atoms with van der Waals surface area (Å²) in [5.41, 5.74) is 0.592. The van der Waals surface area contributed by atoms with Crippen molar-refractivity contribution in [2.24, 2.45) is 5.10 Å². The molecule has 1 rings (SSSR count). The smallest absolute Gasteiger partial charge is 0.219 e. The van der Waals surface area contributed by atoms with Crippen LogP contribution in [0, 0.1) is 0 Å². The van der Waals surface area contributed by atoms with Gasteiger partial charge in [-0.2, -0.15) is 5.10 Å². The molecule has 0 radical (unpaired) electrons. The molecule has 5 heteroatoms. The number of hydrogen-bond donors (Lipinski definition) is 0. The Balaban J connectivity index is 0.000000921. The zero-order chi connectivity index (χ0) is 11.8. The summed E-state index contributed by atoms with van der Waals surface area (Å²) in [5, 5.41) is 5.77. The van der Waals surface area contributed by atoms with Gasteiger partial charge in [-0.15, -0.1) is 0 Å². The summed E-state index contributed by atoms with van der Waals surface area (Å²) >= 11 is 3.31. The highest BCUT2D eigenvalue weighted by Crippen LogP contribution is 2.02. The van der Waals surface area contributed by atoms with E-state index < -0.39 is 0 Å². The molecule has 0 amide bonds. The van der Waals surface area contributed by atoms with Gasteiger partial charge in [0.2, 0.25) is 6.41 Å². The Morgan fingerprint density at radius 3 is 2.53 bits per heavy atom. The molecule has 84 valence electrons. The monoisotopic (exact) mass is 273 g/mol. The molecule has 0 aliphatic rings. The molecule has 1 aromatic rings. The lowest BCUT2D eigenvalue weighted by Gasteiger charge is -2.04. The molecule has 0 saturated heterocycles. The van der Waals surface area contributed by atoms with Gasteiger partial charge >= 0.3 is 0 Å². The van der Waals surface area contributed by atoms with Crippen LogP contribution in [0.4, 0.5) is 0 Å². The van der Waals surface area contributed by atoms with Crippen molar-refractivity contribution in [1.82, 2.24) is 9.58 Å². The van der Waals surface area contributed by atoms with E-state index in [0.29, 0.717) is 5.49 Å². The topological polar surface area (TPSA) is 37.6 Å². The molecule has 4 nitrogen and oxygen atoms in total. The first kappa shape index (κ1) is 13.9. The number of rotatable bonds is 2. The fourth-order valence-electron chi connectivity index (χ4n) is 0.848. The molecule has 0 fully saturated rings. The molecule has 0 atom stereocenters. The Kier molecular flexibility index (Phi) is 6.70. The van der Waals surface area contributed by atoms with Crippen molar-refractivity contribution in [1.29, 1.82) is 0 Å². The van der Waals surface area contributed by atoms with E-state index in [9.17, 15) is 4.79 Å². The van der Waals surface area contributed by atoms with Crippen molar-refractivity contribution < 1.29 is 4.79 Å². The van der Waals surface area contributed by atoms with E-state index in [1.807, 2.05) is 13.8 Å². The quantitative estimate of drug-likeness (QED) is 0.608.